The monoisotopic (exact) mass is 328 g/mol. The second-order valence-electron chi connectivity index (χ2n) is 6.28. The third-order valence-corrected chi connectivity index (χ3v) is 3.80. The first-order valence-electron chi connectivity index (χ1n) is 8.44. The minimum absolute atomic E-state index is 0.300. The van der Waals surface area contributed by atoms with Gasteiger partial charge in [0, 0.05) is 18.8 Å². The van der Waals surface area contributed by atoms with Gasteiger partial charge in [0.1, 0.15) is 18.5 Å². The molecule has 2 aromatic rings. The van der Waals surface area contributed by atoms with Crippen molar-refractivity contribution in [2.24, 2.45) is 0 Å². The van der Waals surface area contributed by atoms with Gasteiger partial charge < -0.3 is 20.1 Å². The predicted molar refractivity (Wildman–Crippen MR) is 99.6 cm³/mol. The van der Waals surface area contributed by atoms with Crippen molar-refractivity contribution in [2.75, 3.05) is 32.6 Å². The van der Waals surface area contributed by atoms with Gasteiger partial charge in [-0.25, -0.2) is 0 Å². The van der Waals surface area contributed by atoms with Crippen LogP contribution in [0.3, 0.4) is 0 Å². The zero-order chi connectivity index (χ0) is 17.4. The van der Waals surface area contributed by atoms with Crippen LogP contribution in [0.4, 0.5) is 5.69 Å². The highest BCUT2D eigenvalue weighted by Gasteiger charge is 2.06. The molecule has 0 amide bonds. The van der Waals surface area contributed by atoms with Crippen LogP contribution in [0, 0.1) is 0 Å². The molecule has 2 rings (SSSR count). The molecule has 0 aliphatic rings. The Kier molecular flexibility index (Phi) is 7.09. The van der Waals surface area contributed by atoms with Gasteiger partial charge in [-0.15, -0.1) is 0 Å². The van der Waals surface area contributed by atoms with Gasteiger partial charge in [0.25, 0.3) is 0 Å². The summed E-state index contributed by atoms with van der Waals surface area (Å²) in [6.07, 6.45) is 0.585. The Morgan fingerprint density at radius 3 is 2.21 bits per heavy atom. The molecule has 0 saturated heterocycles. The number of rotatable bonds is 9. The van der Waals surface area contributed by atoms with Gasteiger partial charge in [0.15, 0.2) is 0 Å². The number of nitrogens with zero attached hydrogens (tertiary/aromatic N) is 1. The Bertz CT molecular complexity index is 594. The fourth-order valence-corrected chi connectivity index (χ4v) is 2.43. The van der Waals surface area contributed by atoms with E-state index in [9.17, 15) is 5.11 Å². The van der Waals surface area contributed by atoms with Gasteiger partial charge in [0.2, 0.25) is 0 Å². The number of benzene rings is 2. The average Bonchev–Trinajstić information content (AvgIpc) is 2.59. The van der Waals surface area contributed by atoms with Crippen LogP contribution in [0.5, 0.6) is 5.75 Å². The van der Waals surface area contributed by atoms with Crippen LogP contribution in [0.1, 0.15) is 18.1 Å². The summed E-state index contributed by atoms with van der Waals surface area (Å²) in [5, 5.41) is 13.2. The van der Waals surface area contributed by atoms with Crippen molar-refractivity contribution in [3.8, 4) is 5.75 Å². The number of aliphatic hydroxyl groups is 1. The number of aliphatic hydroxyl groups excluding tert-OH is 1. The lowest BCUT2D eigenvalue weighted by atomic mass is 10.1. The fourth-order valence-electron chi connectivity index (χ4n) is 2.43. The molecule has 2 aromatic carbocycles. The summed E-state index contributed by atoms with van der Waals surface area (Å²) in [6, 6.07) is 16.5. The molecule has 1 atom stereocenters. The van der Waals surface area contributed by atoms with Gasteiger partial charge in [-0.2, -0.15) is 0 Å². The van der Waals surface area contributed by atoms with Crippen molar-refractivity contribution < 1.29 is 9.84 Å². The van der Waals surface area contributed by atoms with Gasteiger partial charge in [-0.05, 0) is 55.9 Å². The van der Waals surface area contributed by atoms with Crippen LogP contribution in [-0.4, -0.2) is 43.4 Å². The number of aryl methyl sites for hydroxylation is 1. The largest absolute Gasteiger partial charge is 0.491 e. The Labute approximate surface area is 145 Å². The van der Waals surface area contributed by atoms with Crippen LogP contribution in [-0.2, 0) is 13.0 Å². The van der Waals surface area contributed by atoms with Crippen molar-refractivity contribution >= 4 is 5.69 Å². The molecule has 0 bridgehead atoms. The first-order chi connectivity index (χ1) is 11.6. The van der Waals surface area contributed by atoms with Crippen LogP contribution < -0.4 is 10.1 Å². The Hall–Kier alpha value is -2.04. The Morgan fingerprint density at radius 2 is 1.62 bits per heavy atom. The minimum Gasteiger partial charge on any atom is -0.491 e. The van der Waals surface area contributed by atoms with Crippen LogP contribution in [0.15, 0.2) is 48.5 Å². The molecule has 130 valence electrons. The van der Waals surface area contributed by atoms with Crippen molar-refractivity contribution in [2.45, 2.75) is 26.0 Å². The SMILES string of the molecule is CCc1ccc(CNc2ccc(OCC(O)CN(C)C)cc2)cc1. The minimum atomic E-state index is -0.483. The second kappa shape index (κ2) is 9.30. The number of hydrogen-bond acceptors (Lipinski definition) is 4. The first kappa shape index (κ1) is 18.3. The van der Waals surface area contributed by atoms with Crippen molar-refractivity contribution in [3.05, 3.63) is 59.7 Å². The first-order valence-corrected chi connectivity index (χ1v) is 8.44. The number of ether oxygens (including phenoxy) is 1. The lowest BCUT2D eigenvalue weighted by Gasteiger charge is -2.16. The van der Waals surface area contributed by atoms with Gasteiger partial charge in [0.05, 0.1) is 0 Å². The summed E-state index contributed by atoms with van der Waals surface area (Å²) >= 11 is 0. The maximum Gasteiger partial charge on any atom is 0.119 e. The van der Waals surface area contributed by atoms with E-state index in [1.165, 1.54) is 11.1 Å². The van der Waals surface area contributed by atoms with E-state index in [2.05, 4.69) is 36.5 Å². The molecule has 4 nitrogen and oxygen atoms in total. The molecule has 2 N–H and O–H groups in total. The summed E-state index contributed by atoms with van der Waals surface area (Å²) in [5.74, 6) is 0.769. The van der Waals surface area contributed by atoms with Crippen LogP contribution in [0.2, 0.25) is 0 Å². The maximum atomic E-state index is 9.80. The molecule has 0 aliphatic carbocycles. The number of anilines is 1. The number of nitrogens with one attached hydrogen (secondary N) is 1. The van der Waals surface area contributed by atoms with Crippen LogP contribution in [0.25, 0.3) is 0 Å². The molecule has 4 heteroatoms. The van der Waals surface area contributed by atoms with Gasteiger partial charge >= 0.3 is 0 Å². The summed E-state index contributed by atoms with van der Waals surface area (Å²) < 4.78 is 5.61. The molecule has 0 aliphatic heterocycles. The summed E-state index contributed by atoms with van der Waals surface area (Å²) in [6.45, 7) is 3.85. The van der Waals surface area contributed by atoms with Crippen molar-refractivity contribution in [3.63, 3.8) is 0 Å². The highest BCUT2D eigenvalue weighted by molar-refractivity contribution is 5.46. The van der Waals surface area contributed by atoms with E-state index in [0.717, 1.165) is 24.4 Å². The molecule has 0 radical (unpaired) electrons. The third kappa shape index (κ3) is 6.22. The highest BCUT2D eigenvalue weighted by Crippen LogP contribution is 2.17. The summed E-state index contributed by atoms with van der Waals surface area (Å²) in [4.78, 5) is 1.94. The molecule has 0 aromatic heterocycles. The van der Waals surface area contributed by atoms with E-state index in [1.54, 1.807) is 0 Å². The van der Waals surface area contributed by atoms with Gasteiger partial charge in [-0.3, -0.25) is 0 Å². The maximum absolute atomic E-state index is 9.80. The second-order valence-corrected chi connectivity index (χ2v) is 6.28. The molecule has 0 fully saturated rings. The summed E-state index contributed by atoms with van der Waals surface area (Å²) in [5.41, 5.74) is 3.67. The van der Waals surface area contributed by atoms with E-state index in [0.29, 0.717) is 13.2 Å². The highest BCUT2D eigenvalue weighted by atomic mass is 16.5. The smallest absolute Gasteiger partial charge is 0.119 e. The van der Waals surface area contributed by atoms with E-state index in [-0.39, 0.29) is 0 Å². The number of hydrogen-bond donors (Lipinski definition) is 2. The van der Waals surface area contributed by atoms with Crippen molar-refractivity contribution in [1.82, 2.24) is 4.90 Å². The number of likely N-dealkylation sites (N-methyl/N-ethyl adjacent to an activating group) is 1. The molecule has 0 saturated carbocycles. The Balaban J connectivity index is 1.78. The molecular formula is C20H28N2O2. The molecule has 0 heterocycles. The fraction of sp³-hybridized carbons (Fsp3) is 0.400. The molecule has 0 spiro atoms. The normalized spacial score (nSPS) is 12.2. The molecule has 1 unspecified atom stereocenters. The van der Waals surface area contributed by atoms with Crippen LogP contribution >= 0.6 is 0 Å². The zero-order valence-electron chi connectivity index (χ0n) is 14.8. The molecule has 24 heavy (non-hydrogen) atoms. The predicted octanol–water partition coefficient (Wildman–Crippen LogP) is 3.16. The molecular weight excluding hydrogens is 300 g/mol. The third-order valence-electron chi connectivity index (χ3n) is 3.80. The lowest BCUT2D eigenvalue weighted by molar-refractivity contribution is 0.0831. The Morgan fingerprint density at radius 1 is 1.00 bits per heavy atom. The van der Waals surface area contributed by atoms with E-state index < -0.39 is 6.10 Å². The van der Waals surface area contributed by atoms with E-state index in [1.807, 2.05) is 43.3 Å². The quantitative estimate of drug-likeness (QED) is 0.742. The van der Waals surface area contributed by atoms with E-state index >= 15 is 0 Å². The average molecular weight is 328 g/mol. The summed E-state index contributed by atoms with van der Waals surface area (Å²) in [7, 11) is 3.86. The van der Waals surface area contributed by atoms with Crippen molar-refractivity contribution in [1.29, 1.82) is 0 Å². The standard InChI is InChI=1S/C20H28N2O2/c1-4-16-5-7-17(8-6-16)13-21-18-9-11-20(12-10-18)24-15-19(23)14-22(2)3/h5-12,19,21,23H,4,13-15H2,1-3H3. The lowest BCUT2D eigenvalue weighted by Crippen LogP contribution is -2.30. The zero-order valence-corrected chi connectivity index (χ0v) is 14.8. The topological polar surface area (TPSA) is 44.7 Å². The van der Waals surface area contributed by atoms with Gasteiger partial charge in [-0.1, -0.05) is 31.2 Å². The van der Waals surface area contributed by atoms with E-state index in [4.69, 9.17) is 4.74 Å².